The van der Waals surface area contributed by atoms with Gasteiger partial charge in [-0.1, -0.05) is 65.2 Å². The summed E-state index contributed by atoms with van der Waals surface area (Å²) in [4.78, 5) is 0. The van der Waals surface area contributed by atoms with Gasteiger partial charge >= 0.3 is 0 Å². The Labute approximate surface area is 149 Å². The van der Waals surface area contributed by atoms with Crippen LogP contribution in [0.25, 0.3) is 10.6 Å². The van der Waals surface area contributed by atoms with Crippen molar-refractivity contribution < 1.29 is 0 Å². The normalized spacial score (nSPS) is 59.8. The molecule has 0 spiro atoms. The Hall–Kier alpha value is -0.0800. The van der Waals surface area contributed by atoms with Gasteiger partial charge in [0, 0.05) is 0 Å². The van der Waals surface area contributed by atoms with Crippen LogP contribution in [-0.2, 0) is 0 Å². The number of hydrogen-bond acceptors (Lipinski definition) is 0. The minimum Gasteiger partial charge on any atom is -0.659 e. The maximum atomic E-state index is 4.96. The average Bonchev–Trinajstić information content (AvgIpc) is 2.58. The lowest BCUT2D eigenvalue weighted by Crippen LogP contribution is -2.62. The molecule has 4 fully saturated rings. The van der Waals surface area contributed by atoms with Crippen molar-refractivity contribution in [3.63, 3.8) is 0 Å². The summed E-state index contributed by atoms with van der Waals surface area (Å²) < 4.78 is 0. The lowest BCUT2D eigenvalue weighted by atomic mass is 9.41. The molecule has 0 aromatic carbocycles. The van der Waals surface area contributed by atoms with Gasteiger partial charge in [0.15, 0.2) is 0 Å². The highest BCUT2D eigenvalue weighted by Crippen LogP contribution is 2.66. The predicted octanol–water partition coefficient (Wildman–Crippen LogP) is 5.88. The minimum absolute atomic E-state index is 0.221. The highest BCUT2D eigenvalue weighted by atomic mass is 15.0. The SMILES string of the molecule is C[N-]C1(C)CC2CC(C)C3CCC(C)([N-]C)C4CCC(C2C34)C1C. The third-order valence-electron chi connectivity index (χ3n) is 9.76. The van der Waals surface area contributed by atoms with Crippen molar-refractivity contribution in [2.24, 2.45) is 47.3 Å². The fourth-order valence-electron chi connectivity index (χ4n) is 8.15. The standard InChI is InChI=1S/C22H38N2/c1-13-11-15-12-22(4,24-6)14(2)17-7-8-18-20(19(15)17)16(13)9-10-21(18,3)23-5/h13-20H,7-12H2,1-6H3/q-2. The van der Waals surface area contributed by atoms with Crippen molar-refractivity contribution >= 4 is 0 Å². The smallest absolute Gasteiger partial charge is 0.0322 e. The van der Waals surface area contributed by atoms with Crippen molar-refractivity contribution in [2.75, 3.05) is 14.1 Å². The molecule has 0 saturated heterocycles. The molecule has 4 aliphatic carbocycles. The van der Waals surface area contributed by atoms with E-state index in [4.69, 9.17) is 10.6 Å². The topological polar surface area (TPSA) is 28.2 Å². The van der Waals surface area contributed by atoms with Crippen LogP contribution in [0.15, 0.2) is 0 Å². The molecule has 0 N–H and O–H groups in total. The second-order valence-corrected chi connectivity index (χ2v) is 10.3. The Bertz CT molecular complexity index is 490. The summed E-state index contributed by atoms with van der Waals surface area (Å²) in [5.41, 5.74) is 0.477. The van der Waals surface area contributed by atoms with E-state index in [9.17, 15) is 0 Å². The Balaban J connectivity index is 1.73. The van der Waals surface area contributed by atoms with Crippen LogP contribution >= 0.6 is 0 Å². The molecule has 0 heterocycles. The predicted molar refractivity (Wildman–Crippen MR) is 102 cm³/mol. The van der Waals surface area contributed by atoms with E-state index in [1.165, 1.54) is 38.5 Å². The molecule has 0 aromatic heterocycles. The molecule has 0 bridgehead atoms. The molecular weight excluding hydrogens is 292 g/mol. The molecule has 0 radical (unpaired) electrons. The zero-order valence-electron chi connectivity index (χ0n) is 16.8. The molecule has 24 heavy (non-hydrogen) atoms. The summed E-state index contributed by atoms with van der Waals surface area (Å²) in [5.74, 6) is 7.23. The fraction of sp³-hybridized carbons (Fsp3) is 1.00. The third-order valence-corrected chi connectivity index (χ3v) is 9.76. The van der Waals surface area contributed by atoms with E-state index in [2.05, 4.69) is 41.8 Å². The van der Waals surface area contributed by atoms with Crippen molar-refractivity contribution in [2.45, 2.75) is 77.3 Å². The molecule has 138 valence electrons. The monoisotopic (exact) mass is 330 g/mol. The second-order valence-electron chi connectivity index (χ2n) is 10.3. The quantitative estimate of drug-likeness (QED) is 0.605. The second kappa shape index (κ2) is 5.71. The van der Waals surface area contributed by atoms with Gasteiger partial charge in [-0.2, -0.15) is 14.1 Å². The van der Waals surface area contributed by atoms with Crippen LogP contribution in [0.4, 0.5) is 0 Å². The summed E-state index contributed by atoms with van der Waals surface area (Å²) in [6.45, 7) is 10.0. The van der Waals surface area contributed by atoms with Gasteiger partial charge in [0.1, 0.15) is 0 Å². The van der Waals surface area contributed by atoms with Gasteiger partial charge in [-0.3, -0.25) is 0 Å². The van der Waals surface area contributed by atoms with Gasteiger partial charge in [0.2, 0.25) is 0 Å². The average molecular weight is 331 g/mol. The number of rotatable bonds is 2. The molecule has 4 saturated carbocycles. The zero-order valence-corrected chi connectivity index (χ0v) is 16.8. The van der Waals surface area contributed by atoms with Gasteiger partial charge in [0.05, 0.1) is 0 Å². The van der Waals surface area contributed by atoms with E-state index >= 15 is 0 Å². The van der Waals surface area contributed by atoms with E-state index in [0.29, 0.717) is 0 Å². The molecule has 10 atom stereocenters. The van der Waals surface area contributed by atoms with Gasteiger partial charge in [-0.25, -0.2) is 0 Å². The van der Waals surface area contributed by atoms with E-state index in [1.807, 2.05) is 0 Å². The third kappa shape index (κ3) is 2.21. The lowest BCUT2D eigenvalue weighted by Gasteiger charge is -2.71. The summed E-state index contributed by atoms with van der Waals surface area (Å²) in [7, 11) is 4.16. The van der Waals surface area contributed by atoms with Crippen LogP contribution in [0.1, 0.15) is 66.2 Å². The summed E-state index contributed by atoms with van der Waals surface area (Å²) >= 11 is 0. The summed E-state index contributed by atoms with van der Waals surface area (Å²) in [5, 5.41) is 9.88. The van der Waals surface area contributed by atoms with Crippen LogP contribution in [0, 0.1) is 47.3 Å². The van der Waals surface area contributed by atoms with E-state index in [-0.39, 0.29) is 11.1 Å². The first-order chi connectivity index (χ1) is 11.3. The molecule has 2 heteroatoms. The zero-order chi connectivity index (χ0) is 17.3. The van der Waals surface area contributed by atoms with Crippen molar-refractivity contribution in [3.8, 4) is 0 Å². The highest BCUT2D eigenvalue weighted by molar-refractivity contribution is 5.20. The molecule has 2 nitrogen and oxygen atoms in total. The molecule has 4 rings (SSSR count). The first-order valence-electron chi connectivity index (χ1n) is 10.6. The summed E-state index contributed by atoms with van der Waals surface area (Å²) in [6.07, 6.45) is 8.41. The Kier molecular flexibility index (Phi) is 4.12. The van der Waals surface area contributed by atoms with Crippen LogP contribution < -0.4 is 0 Å². The molecular formula is C22H38N2-2. The minimum atomic E-state index is 0.221. The molecule has 4 aliphatic rings. The largest absolute Gasteiger partial charge is 0.659 e. The van der Waals surface area contributed by atoms with Crippen LogP contribution in [-0.4, -0.2) is 25.2 Å². The van der Waals surface area contributed by atoms with Gasteiger partial charge < -0.3 is 10.6 Å². The molecule has 0 amide bonds. The van der Waals surface area contributed by atoms with Crippen LogP contribution in [0.2, 0.25) is 0 Å². The first-order valence-corrected chi connectivity index (χ1v) is 10.6. The van der Waals surface area contributed by atoms with Crippen LogP contribution in [0.5, 0.6) is 0 Å². The molecule has 0 aromatic rings. The lowest BCUT2D eigenvalue weighted by molar-refractivity contribution is -0.140. The van der Waals surface area contributed by atoms with Crippen molar-refractivity contribution in [3.05, 3.63) is 10.6 Å². The van der Waals surface area contributed by atoms with Gasteiger partial charge in [0.25, 0.3) is 0 Å². The maximum Gasteiger partial charge on any atom is -0.0322 e. The van der Waals surface area contributed by atoms with E-state index in [0.717, 1.165) is 47.3 Å². The van der Waals surface area contributed by atoms with E-state index in [1.54, 1.807) is 0 Å². The molecule has 0 aliphatic heterocycles. The highest BCUT2D eigenvalue weighted by Gasteiger charge is 2.58. The Morgan fingerprint density at radius 1 is 0.833 bits per heavy atom. The van der Waals surface area contributed by atoms with Crippen LogP contribution in [0.3, 0.4) is 0 Å². The Morgan fingerprint density at radius 2 is 1.54 bits per heavy atom. The van der Waals surface area contributed by atoms with Crippen molar-refractivity contribution in [1.29, 1.82) is 0 Å². The number of hydrogen-bond donors (Lipinski definition) is 0. The Morgan fingerprint density at radius 3 is 2.21 bits per heavy atom. The maximum absolute atomic E-state index is 4.96. The fourth-order valence-corrected chi connectivity index (χ4v) is 8.15. The summed E-state index contributed by atoms with van der Waals surface area (Å²) in [6, 6.07) is 0. The first kappa shape index (κ1) is 17.3. The number of nitrogens with zero attached hydrogens (tertiary/aromatic N) is 2. The van der Waals surface area contributed by atoms with E-state index < -0.39 is 0 Å². The van der Waals surface area contributed by atoms with Crippen molar-refractivity contribution in [1.82, 2.24) is 0 Å². The van der Waals surface area contributed by atoms with Gasteiger partial charge in [-0.15, -0.1) is 11.1 Å². The van der Waals surface area contributed by atoms with Gasteiger partial charge in [-0.05, 0) is 48.3 Å². The molecule has 10 unspecified atom stereocenters.